The van der Waals surface area contributed by atoms with Crippen LogP contribution in [0.5, 0.6) is 0 Å². The Kier molecular flexibility index (Phi) is 9.62. The van der Waals surface area contributed by atoms with Gasteiger partial charge in [-0.2, -0.15) is 0 Å². The van der Waals surface area contributed by atoms with Gasteiger partial charge in [-0.3, -0.25) is 24.0 Å². The highest BCUT2D eigenvalue weighted by molar-refractivity contribution is 6.54. The van der Waals surface area contributed by atoms with Gasteiger partial charge >= 0.3 is 17.9 Å². The van der Waals surface area contributed by atoms with Gasteiger partial charge in [0.1, 0.15) is 18.8 Å². The second-order valence-corrected chi connectivity index (χ2v) is 9.24. The van der Waals surface area contributed by atoms with E-state index in [1.165, 1.54) is 13.8 Å². The van der Waals surface area contributed by atoms with Gasteiger partial charge in [0.2, 0.25) is 5.91 Å². The van der Waals surface area contributed by atoms with Gasteiger partial charge in [0.25, 0.3) is 12.2 Å². The highest BCUT2D eigenvalue weighted by Crippen LogP contribution is 2.32. The Morgan fingerprint density at radius 2 is 1.69 bits per heavy atom. The fourth-order valence-electron chi connectivity index (χ4n) is 4.45. The van der Waals surface area contributed by atoms with Crippen LogP contribution in [0.25, 0.3) is 0 Å². The largest absolute Gasteiger partial charge is 0.463 e. The smallest absolute Gasteiger partial charge is 0.303 e. The zero-order valence-electron chi connectivity index (χ0n) is 22.7. The van der Waals surface area contributed by atoms with E-state index in [0.717, 1.165) is 19.4 Å². The standard InChI is InChI=1S/C26H33N3O10/c1-7-10-29-19-9-8-13(2)11-18(19)21(25(29)34)28-39-26-22(27-14(3)30)24(37-17(6)33)23(36-16(5)32)20(38-26)12-35-15(4)31/h8-9,11,20,22-24,26H,7,10,12H2,1-6H3,(H,27,30)/b28-21-/t20-,22-,23+,24-,26+/m0/s1. The molecular weight excluding hydrogens is 514 g/mol. The Bertz CT molecular complexity index is 1170. The van der Waals surface area contributed by atoms with E-state index in [4.69, 9.17) is 23.8 Å². The summed E-state index contributed by atoms with van der Waals surface area (Å²) in [6.07, 6.45) is -4.46. The van der Waals surface area contributed by atoms with Crippen molar-refractivity contribution in [3.05, 3.63) is 29.3 Å². The summed E-state index contributed by atoms with van der Waals surface area (Å²) in [4.78, 5) is 68.1. The van der Waals surface area contributed by atoms with Gasteiger partial charge < -0.3 is 34.0 Å². The van der Waals surface area contributed by atoms with Crippen LogP contribution in [0.15, 0.2) is 23.4 Å². The van der Waals surface area contributed by atoms with Crippen molar-refractivity contribution in [3.63, 3.8) is 0 Å². The zero-order chi connectivity index (χ0) is 28.9. The Hall–Kier alpha value is -4.00. The summed E-state index contributed by atoms with van der Waals surface area (Å²) in [6, 6.07) is 4.30. The topological polar surface area (TPSA) is 159 Å². The minimum absolute atomic E-state index is 0.0232. The van der Waals surface area contributed by atoms with Gasteiger partial charge in [0.05, 0.1) is 5.69 Å². The number of esters is 3. The van der Waals surface area contributed by atoms with Crippen molar-refractivity contribution >= 4 is 41.1 Å². The van der Waals surface area contributed by atoms with Crippen LogP contribution >= 0.6 is 0 Å². The van der Waals surface area contributed by atoms with E-state index in [1.807, 2.05) is 26.0 Å². The number of benzene rings is 1. The number of carbonyl (C=O) groups excluding carboxylic acids is 5. The van der Waals surface area contributed by atoms with E-state index in [0.29, 0.717) is 24.2 Å². The van der Waals surface area contributed by atoms with Crippen molar-refractivity contribution in [3.8, 4) is 0 Å². The Morgan fingerprint density at radius 3 is 2.28 bits per heavy atom. The quantitative estimate of drug-likeness (QED) is 0.270. The first kappa shape index (κ1) is 29.6. The van der Waals surface area contributed by atoms with Crippen molar-refractivity contribution in [2.45, 2.75) is 78.6 Å². The SMILES string of the molecule is CCCN1C(=O)/C(=N\O[C@H]2O[C@@H](COC(C)=O)[C@@H](OC(C)=O)[C@@H](OC(C)=O)[C@@H]2NC(C)=O)c2cc(C)ccc21. The van der Waals surface area contributed by atoms with Crippen LogP contribution in [0.3, 0.4) is 0 Å². The van der Waals surface area contributed by atoms with Crippen molar-refractivity contribution < 1.29 is 47.8 Å². The van der Waals surface area contributed by atoms with E-state index < -0.39 is 54.5 Å². The van der Waals surface area contributed by atoms with E-state index in [2.05, 4.69) is 10.5 Å². The zero-order valence-corrected chi connectivity index (χ0v) is 22.7. The summed E-state index contributed by atoms with van der Waals surface area (Å²) in [6.45, 7) is 8.58. The Balaban J connectivity index is 2.02. The second kappa shape index (κ2) is 12.7. The fourth-order valence-corrected chi connectivity index (χ4v) is 4.45. The third-order valence-corrected chi connectivity index (χ3v) is 5.91. The lowest BCUT2D eigenvalue weighted by atomic mass is 9.96. The summed E-state index contributed by atoms with van der Waals surface area (Å²) in [5, 5.41) is 6.71. The molecule has 2 aliphatic rings. The van der Waals surface area contributed by atoms with Crippen LogP contribution in [0.2, 0.25) is 0 Å². The van der Waals surface area contributed by atoms with E-state index in [-0.39, 0.29) is 18.2 Å². The predicted octanol–water partition coefficient (Wildman–Crippen LogP) is 1.13. The molecule has 0 spiro atoms. The Morgan fingerprint density at radius 1 is 1.03 bits per heavy atom. The molecule has 1 saturated heterocycles. The molecule has 13 heteroatoms. The van der Waals surface area contributed by atoms with E-state index in [1.54, 1.807) is 11.0 Å². The first-order chi connectivity index (χ1) is 18.4. The molecule has 39 heavy (non-hydrogen) atoms. The maximum absolute atomic E-state index is 13.2. The number of hydrogen-bond donors (Lipinski definition) is 1. The summed E-state index contributed by atoms with van der Waals surface area (Å²) < 4.78 is 21.8. The number of oxime groups is 1. The lowest BCUT2D eigenvalue weighted by molar-refractivity contribution is -0.278. The molecule has 3 rings (SSSR count). The van der Waals surface area contributed by atoms with Crippen molar-refractivity contribution in [1.82, 2.24) is 5.32 Å². The number of nitrogens with zero attached hydrogens (tertiary/aromatic N) is 2. The van der Waals surface area contributed by atoms with Gasteiger partial charge in [0, 0.05) is 39.8 Å². The number of aryl methyl sites for hydroxylation is 1. The van der Waals surface area contributed by atoms with Gasteiger partial charge in [0.15, 0.2) is 17.9 Å². The maximum atomic E-state index is 13.2. The minimum Gasteiger partial charge on any atom is -0.463 e. The molecule has 0 radical (unpaired) electrons. The monoisotopic (exact) mass is 547 g/mol. The van der Waals surface area contributed by atoms with Crippen molar-refractivity contribution in [2.24, 2.45) is 5.16 Å². The molecule has 0 saturated carbocycles. The molecule has 0 aromatic heterocycles. The molecule has 1 fully saturated rings. The number of rotatable bonds is 9. The number of fused-ring (bicyclic) bond motifs is 1. The number of nitrogens with one attached hydrogen (secondary N) is 1. The molecule has 2 amide bonds. The van der Waals surface area contributed by atoms with Crippen molar-refractivity contribution in [2.75, 3.05) is 18.1 Å². The normalized spacial score (nSPS) is 25.1. The molecule has 1 aromatic carbocycles. The molecule has 0 aliphatic carbocycles. The molecule has 1 N–H and O–H groups in total. The van der Waals surface area contributed by atoms with Gasteiger partial charge in [-0.25, -0.2) is 0 Å². The first-order valence-electron chi connectivity index (χ1n) is 12.5. The summed E-state index contributed by atoms with van der Waals surface area (Å²) in [7, 11) is 0. The van der Waals surface area contributed by atoms with Gasteiger partial charge in [-0.05, 0) is 25.5 Å². The predicted molar refractivity (Wildman–Crippen MR) is 135 cm³/mol. The van der Waals surface area contributed by atoms with E-state index >= 15 is 0 Å². The summed E-state index contributed by atoms with van der Waals surface area (Å²) in [5.41, 5.74) is 2.16. The summed E-state index contributed by atoms with van der Waals surface area (Å²) in [5.74, 6) is -3.01. The van der Waals surface area contributed by atoms with Crippen LogP contribution in [-0.2, 0) is 47.8 Å². The minimum atomic E-state index is -1.43. The van der Waals surface area contributed by atoms with Gasteiger partial charge in [-0.15, -0.1) is 0 Å². The Labute approximate surface area is 225 Å². The number of anilines is 1. The van der Waals surface area contributed by atoms with Crippen LogP contribution < -0.4 is 10.2 Å². The third kappa shape index (κ3) is 7.11. The molecule has 212 valence electrons. The van der Waals surface area contributed by atoms with E-state index in [9.17, 15) is 24.0 Å². The maximum Gasteiger partial charge on any atom is 0.303 e. The number of amides is 2. The highest BCUT2D eigenvalue weighted by Gasteiger charge is 2.52. The number of ether oxygens (including phenoxy) is 4. The van der Waals surface area contributed by atoms with Crippen LogP contribution in [0, 0.1) is 6.92 Å². The van der Waals surface area contributed by atoms with Gasteiger partial charge in [-0.1, -0.05) is 23.7 Å². The molecule has 5 atom stereocenters. The first-order valence-corrected chi connectivity index (χ1v) is 12.5. The molecule has 0 bridgehead atoms. The summed E-state index contributed by atoms with van der Waals surface area (Å²) >= 11 is 0. The fraction of sp³-hybridized carbons (Fsp3) is 0.538. The average Bonchev–Trinajstić information content (AvgIpc) is 3.09. The number of hydrogen-bond acceptors (Lipinski definition) is 11. The highest BCUT2D eigenvalue weighted by atomic mass is 16.8. The molecule has 13 nitrogen and oxygen atoms in total. The van der Waals surface area contributed by atoms with Crippen LogP contribution in [-0.4, -0.2) is 79.2 Å². The molecule has 0 unspecified atom stereocenters. The molecular formula is C26H33N3O10. The molecule has 1 aromatic rings. The lowest BCUT2D eigenvalue weighted by Gasteiger charge is -2.43. The second-order valence-electron chi connectivity index (χ2n) is 9.24. The van der Waals surface area contributed by atoms with Crippen LogP contribution in [0.1, 0.15) is 52.2 Å². The number of carbonyl (C=O) groups is 5. The molecule has 2 heterocycles. The average molecular weight is 548 g/mol. The van der Waals surface area contributed by atoms with Crippen molar-refractivity contribution in [1.29, 1.82) is 0 Å². The molecule has 2 aliphatic heterocycles. The lowest BCUT2D eigenvalue weighted by Crippen LogP contribution is -2.66. The third-order valence-electron chi connectivity index (χ3n) is 5.91. The van der Waals surface area contributed by atoms with Crippen LogP contribution in [0.4, 0.5) is 5.69 Å².